The van der Waals surface area contributed by atoms with Crippen molar-refractivity contribution >= 4 is 17.8 Å². The van der Waals surface area contributed by atoms with Gasteiger partial charge < -0.3 is 19.0 Å². The SMILES string of the molecule is COc1ccc(-c2oc(NC(C)=O)c(OC(C)=O)c2O)cc1. The van der Waals surface area contributed by atoms with Crippen molar-refractivity contribution in [2.24, 2.45) is 0 Å². The summed E-state index contributed by atoms with van der Waals surface area (Å²) in [4.78, 5) is 22.3. The van der Waals surface area contributed by atoms with Gasteiger partial charge in [-0.1, -0.05) is 0 Å². The summed E-state index contributed by atoms with van der Waals surface area (Å²) >= 11 is 0. The van der Waals surface area contributed by atoms with E-state index in [1.165, 1.54) is 21.0 Å². The van der Waals surface area contributed by atoms with Crippen LogP contribution in [0.4, 0.5) is 5.88 Å². The van der Waals surface area contributed by atoms with E-state index in [2.05, 4.69) is 5.32 Å². The van der Waals surface area contributed by atoms with Crippen molar-refractivity contribution in [3.8, 4) is 28.6 Å². The first-order valence-corrected chi connectivity index (χ1v) is 6.38. The van der Waals surface area contributed by atoms with Crippen LogP contribution in [0.3, 0.4) is 0 Å². The topological polar surface area (TPSA) is 98.0 Å². The molecular weight excluding hydrogens is 290 g/mol. The van der Waals surface area contributed by atoms with Gasteiger partial charge in [0, 0.05) is 19.4 Å². The molecule has 0 aliphatic carbocycles. The smallest absolute Gasteiger partial charge is 0.308 e. The van der Waals surface area contributed by atoms with Crippen molar-refractivity contribution in [1.82, 2.24) is 0 Å². The Bertz CT molecular complexity index is 702. The van der Waals surface area contributed by atoms with E-state index < -0.39 is 11.9 Å². The maximum Gasteiger partial charge on any atom is 0.308 e. The molecule has 0 saturated carbocycles. The molecule has 116 valence electrons. The summed E-state index contributed by atoms with van der Waals surface area (Å²) in [5, 5.41) is 12.6. The predicted octanol–water partition coefficient (Wildman–Crippen LogP) is 2.54. The Morgan fingerprint density at radius 3 is 2.32 bits per heavy atom. The van der Waals surface area contributed by atoms with Crippen molar-refractivity contribution in [1.29, 1.82) is 0 Å². The molecule has 7 heteroatoms. The van der Waals surface area contributed by atoms with E-state index in [-0.39, 0.29) is 23.1 Å². The molecule has 0 atom stereocenters. The summed E-state index contributed by atoms with van der Waals surface area (Å²) < 4.78 is 15.4. The van der Waals surface area contributed by atoms with Crippen LogP contribution < -0.4 is 14.8 Å². The van der Waals surface area contributed by atoms with Crippen LogP contribution in [0.25, 0.3) is 11.3 Å². The van der Waals surface area contributed by atoms with Gasteiger partial charge in [-0.3, -0.25) is 14.9 Å². The highest BCUT2D eigenvalue weighted by Gasteiger charge is 2.24. The van der Waals surface area contributed by atoms with Crippen LogP contribution in [0, 0.1) is 0 Å². The van der Waals surface area contributed by atoms with Crippen molar-refractivity contribution in [2.75, 3.05) is 12.4 Å². The fourth-order valence-corrected chi connectivity index (χ4v) is 1.83. The third kappa shape index (κ3) is 3.20. The average Bonchev–Trinajstić information content (AvgIpc) is 2.75. The summed E-state index contributed by atoms with van der Waals surface area (Å²) in [5.74, 6) is -1.10. The Morgan fingerprint density at radius 1 is 1.18 bits per heavy atom. The Balaban J connectivity index is 2.48. The van der Waals surface area contributed by atoms with E-state index in [4.69, 9.17) is 13.9 Å². The number of anilines is 1. The van der Waals surface area contributed by atoms with Gasteiger partial charge in [-0.05, 0) is 24.3 Å². The highest BCUT2D eigenvalue weighted by Crippen LogP contribution is 2.46. The second-order valence-electron chi connectivity index (χ2n) is 4.44. The Hall–Kier alpha value is -2.96. The lowest BCUT2D eigenvalue weighted by Gasteiger charge is -2.01. The van der Waals surface area contributed by atoms with Crippen molar-refractivity contribution in [2.45, 2.75) is 13.8 Å². The van der Waals surface area contributed by atoms with Gasteiger partial charge >= 0.3 is 5.97 Å². The average molecular weight is 305 g/mol. The quantitative estimate of drug-likeness (QED) is 0.842. The molecule has 0 bridgehead atoms. The van der Waals surface area contributed by atoms with Gasteiger partial charge in [-0.2, -0.15) is 0 Å². The summed E-state index contributed by atoms with van der Waals surface area (Å²) in [7, 11) is 1.53. The molecule has 2 N–H and O–H groups in total. The van der Waals surface area contributed by atoms with Crippen LogP contribution in [-0.4, -0.2) is 24.1 Å². The van der Waals surface area contributed by atoms with E-state index in [1.54, 1.807) is 24.3 Å². The van der Waals surface area contributed by atoms with Crippen LogP contribution in [0.1, 0.15) is 13.8 Å². The lowest BCUT2D eigenvalue weighted by molar-refractivity contribution is -0.132. The van der Waals surface area contributed by atoms with Gasteiger partial charge in [-0.15, -0.1) is 0 Å². The molecule has 2 aromatic rings. The number of aromatic hydroxyl groups is 1. The Labute approximate surface area is 126 Å². The van der Waals surface area contributed by atoms with Crippen molar-refractivity contribution < 1.29 is 28.6 Å². The summed E-state index contributed by atoms with van der Waals surface area (Å²) in [6, 6.07) is 6.68. The highest BCUT2D eigenvalue weighted by molar-refractivity contribution is 5.91. The molecule has 0 saturated heterocycles. The van der Waals surface area contributed by atoms with Crippen molar-refractivity contribution in [3.05, 3.63) is 24.3 Å². The monoisotopic (exact) mass is 305 g/mol. The summed E-state index contributed by atoms with van der Waals surface area (Å²) in [5.41, 5.74) is 0.531. The molecule has 1 aromatic heterocycles. The second kappa shape index (κ2) is 6.21. The number of nitrogens with one attached hydrogen (secondary N) is 1. The third-order valence-electron chi connectivity index (χ3n) is 2.73. The fourth-order valence-electron chi connectivity index (χ4n) is 1.83. The number of hydrogen-bond acceptors (Lipinski definition) is 6. The van der Waals surface area contributed by atoms with Crippen LogP contribution >= 0.6 is 0 Å². The van der Waals surface area contributed by atoms with Crippen LogP contribution in [0.5, 0.6) is 17.2 Å². The van der Waals surface area contributed by atoms with Crippen LogP contribution in [0.15, 0.2) is 28.7 Å². The number of hydrogen-bond donors (Lipinski definition) is 2. The maximum absolute atomic E-state index is 11.2. The van der Waals surface area contributed by atoms with Gasteiger partial charge in [0.2, 0.25) is 23.3 Å². The van der Waals surface area contributed by atoms with Crippen molar-refractivity contribution in [3.63, 3.8) is 0 Å². The molecule has 2 rings (SSSR count). The molecule has 7 nitrogen and oxygen atoms in total. The van der Waals surface area contributed by atoms with E-state index in [9.17, 15) is 14.7 Å². The molecular formula is C15H15NO6. The zero-order valence-corrected chi connectivity index (χ0v) is 12.3. The molecule has 0 aliphatic heterocycles. The number of furan rings is 1. The first-order valence-electron chi connectivity index (χ1n) is 6.38. The standard InChI is InChI=1S/C15H15NO6/c1-8(17)16-15-14(21-9(2)18)12(19)13(22-15)10-4-6-11(20-3)7-5-10/h4-7,19H,1-3H3,(H,16,17). The number of methoxy groups -OCH3 is 1. The fraction of sp³-hybridized carbons (Fsp3) is 0.200. The summed E-state index contributed by atoms with van der Waals surface area (Å²) in [6.07, 6.45) is 0. The number of ether oxygens (including phenoxy) is 2. The van der Waals surface area contributed by atoms with Crippen LogP contribution in [-0.2, 0) is 9.59 Å². The molecule has 22 heavy (non-hydrogen) atoms. The molecule has 1 amide bonds. The molecule has 0 fully saturated rings. The minimum Gasteiger partial charge on any atom is -0.502 e. The number of rotatable bonds is 4. The molecule has 0 aliphatic rings. The van der Waals surface area contributed by atoms with E-state index in [0.29, 0.717) is 11.3 Å². The molecule has 0 unspecified atom stereocenters. The van der Waals surface area contributed by atoms with Crippen LogP contribution in [0.2, 0.25) is 0 Å². The normalized spacial score (nSPS) is 10.1. The number of carbonyl (C=O) groups excluding carboxylic acids is 2. The van der Waals surface area contributed by atoms with Gasteiger partial charge in [-0.25, -0.2) is 0 Å². The molecule has 1 heterocycles. The third-order valence-corrected chi connectivity index (χ3v) is 2.73. The van der Waals surface area contributed by atoms with Gasteiger partial charge in [0.15, 0.2) is 5.76 Å². The first-order chi connectivity index (χ1) is 10.4. The Morgan fingerprint density at radius 2 is 1.82 bits per heavy atom. The minimum absolute atomic E-state index is 0.0719. The highest BCUT2D eigenvalue weighted by atomic mass is 16.6. The van der Waals surface area contributed by atoms with Gasteiger partial charge in [0.05, 0.1) is 7.11 Å². The summed E-state index contributed by atoms with van der Waals surface area (Å²) in [6.45, 7) is 2.45. The molecule has 0 spiro atoms. The maximum atomic E-state index is 11.2. The second-order valence-corrected chi connectivity index (χ2v) is 4.44. The largest absolute Gasteiger partial charge is 0.502 e. The molecule has 0 radical (unpaired) electrons. The number of carbonyl (C=O) groups is 2. The van der Waals surface area contributed by atoms with Gasteiger partial charge in [0.1, 0.15) is 5.75 Å². The zero-order valence-electron chi connectivity index (χ0n) is 12.3. The van der Waals surface area contributed by atoms with E-state index in [1.807, 2.05) is 0 Å². The zero-order chi connectivity index (χ0) is 16.3. The van der Waals surface area contributed by atoms with E-state index in [0.717, 1.165) is 0 Å². The lowest BCUT2D eigenvalue weighted by Crippen LogP contribution is -2.08. The number of esters is 1. The molecule has 1 aromatic carbocycles. The minimum atomic E-state index is -0.649. The first kappa shape index (κ1) is 15.4. The van der Waals surface area contributed by atoms with Gasteiger partial charge in [0.25, 0.3) is 0 Å². The lowest BCUT2D eigenvalue weighted by atomic mass is 10.1. The predicted molar refractivity (Wildman–Crippen MR) is 78.0 cm³/mol. The van der Waals surface area contributed by atoms with E-state index >= 15 is 0 Å². The number of benzene rings is 1. The number of amides is 1. The Kier molecular flexibility index (Phi) is 4.36.